The second kappa shape index (κ2) is 19.1. The van der Waals surface area contributed by atoms with Crippen molar-refractivity contribution in [1.29, 1.82) is 0 Å². The summed E-state index contributed by atoms with van der Waals surface area (Å²) in [6, 6.07) is 6.18. The Hall–Kier alpha value is -3.37. The number of aromatic nitrogens is 2. The van der Waals surface area contributed by atoms with Gasteiger partial charge in [-0.05, 0) is 38.2 Å². The summed E-state index contributed by atoms with van der Waals surface area (Å²) in [5, 5.41) is 30.4. The van der Waals surface area contributed by atoms with Crippen LogP contribution in [0.5, 0.6) is 0 Å². The maximum Gasteiger partial charge on any atom is 0.243 e. The Bertz CT molecular complexity index is 1410. The molecule has 1 aliphatic rings. The number of aliphatic hydroxyl groups is 2. The van der Waals surface area contributed by atoms with Crippen molar-refractivity contribution in [1.82, 2.24) is 30.6 Å². The first kappa shape index (κ1) is 40.1. The number of rotatable bonds is 20. The fraction of sp³-hybridized carbons (Fsp3) is 0.647. The Kier molecular flexibility index (Phi) is 15.6. The molecule has 1 aromatic heterocycles. The molecule has 0 radical (unpaired) electrons. The predicted octanol–water partition coefficient (Wildman–Crippen LogP) is 0.798. The molecule has 1 fully saturated rings. The number of carbonyl (C=O) groups is 3. The molecule has 1 heterocycles. The third-order valence-electron chi connectivity index (χ3n) is 8.73. The number of nitrogens with two attached hydrogens (primary N) is 1. The van der Waals surface area contributed by atoms with E-state index in [9.17, 15) is 33.0 Å². The third kappa shape index (κ3) is 14.2. The smallest absolute Gasteiger partial charge is 0.243 e. The number of H-pyrrole nitrogens is 1. The Morgan fingerprint density at radius 1 is 1.00 bits per heavy atom. The van der Waals surface area contributed by atoms with E-state index in [-0.39, 0.29) is 37.5 Å². The molecule has 5 atom stereocenters. The number of nitrogens with zero attached hydrogens (tertiary/aromatic N) is 1. The molecule has 0 aliphatic heterocycles. The number of hydrogen-bond donors (Lipinski definition) is 8. The summed E-state index contributed by atoms with van der Waals surface area (Å²) in [7, 11) is -3.56. The van der Waals surface area contributed by atoms with E-state index in [2.05, 4.69) is 30.6 Å². The fourth-order valence-corrected chi connectivity index (χ4v) is 7.10. The van der Waals surface area contributed by atoms with Crippen molar-refractivity contribution in [3.05, 3.63) is 54.1 Å². The average molecular weight is 706 g/mol. The summed E-state index contributed by atoms with van der Waals surface area (Å²) in [6.45, 7) is 4.53. The van der Waals surface area contributed by atoms with Gasteiger partial charge in [0.15, 0.2) is 0 Å². The van der Waals surface area contributed by atoms with Crippen LogP contribution in [0.25, 0.3) is 0 Å². The van der Waals surface area contributed by atoms with Crippen LogP contribution >= 0.6 is 0 Å². The Balaban J connectivity index is 1.81. The topological polar surface area (TPSA) is 229 Å². The standard InChI is InChI=1S/C34H55N7O7S/c1-4-15-49(47,48)38-21-26(42)19-30(43)27(16-23-11-7-5-8-12-23)39-32(45)29(18-25-20-36-22-37-25)40-31(44)28(41-33(46)34(2,3)35)17-24-13-9-6-10-14-24/h6,9-10,13-14,20,22-23,26-30,38,42-43H,4-5,7-8,11-12,15-19,21,35H2,1-3H3,(H,36,37)(H,39,45)(H,40,44)(H,41,46)/t26-,27-,28-,29-,30-/m0/s1. The van der Waals surface area contributed by atoms with Gasteiger partial charge in [-0.1, -0.05) is 69.4 Å². The molecule has 0 unspecified atom stereocenters. The number of benzene rings is 1. The van der Waals surface area contributed by atoms with E-state index in [4.69, 9.17) is 5.73 Å². The quantitative estimate of drug-likeness (QED) is 0.0973. The number of imidazole rings is 1. The number of aliphatic hydroxyl groups excluding tert-OH is 2. The van der Waals surface area contributed by atoms with Crippen molar-refractivity contribution in [3.8, 4) is 0 Å². The molecular weight excluding hydrogens is 650 g/mol. The summed E-state index contributed by atoms with van der Waals surface area (Å²) in [5.74, 6) is -1.54. The second-order valence-electron chi connectivity index (χ2n) is 13.8. The molecule has 49 heavy (non-hydrogen) atoms. The van der Waals surface area contributed by atoms with Gasteiger partial charge in [0.1, 0.15) is 12.1 Å². The molecule has 0 saturated heterocycles. The lowest BCUT2D eigenvalue weighted by atomic mass is 9.83. The van der Waals surface area contributed by atoms with Crippen molar-refractivity contribution >= 4 is 27.7 Å². The van der Waals surface area contributed by atoms with Crippen molar-refractivity contribution in [2.45, 2.75) is 121 Å². The van der Waals surface area contributed by atoms with Gasteiger partial charge in [0.2, 0.25) is 27.7 Å². The van der Waals surface area contributed by atoms with Gasteiger partial charge in [-0.25, -0.2) is 18.1 Å². The molecule has 0 spiro atoms. The third-order valence-corrected chi connectivity index (χ3v) is 10.3. The molecule has 3 amide bonds. The highest BCUT2D eigenvalue weighted by Gasteiger charge is 2.34. The lowest BCUT2D eigenvalue weighted by Gasteiger charge is -2.32. The van der Waals surface area contributed by atoms with Gasteiger partial charge in [0.25, 0.3) is 0 Å². The van der Waals surface area contributed by atoms with Gasteiger partial charge in [-0.3, -0.25) is 14.4 Å². The van der Waals surface area contributed by atoms with E-state index in [1.165, 1.54) is 26.4 Å². The molecule has 1 aromatic carbocycles. The normalized spacial score (nSPS) is 17.3. The Morgan fingerprint density at radius 3 is 2.27 bits per heavy atom. The molecule has 1 aliphatic carbocycles. The minimum Gasteiger partial charge on any atom is -0.392 e. The zero-order chi connectivity index (χ0) is 36.0. The maximum absolute atomic E-state index is 14.0. The van der Waals surface area contributed by atoms with Crippen LogP contribution < -0.4 is 26.4 Å². The number of sulfonamides is 1. The van der Waals surface area contributed by atoms with Crippen LogP contribution in [-0.4, -0.2) is 94.5 Å². The van der Waals surface area contributed by atoms with E-state index in [0.717, 1.165) is 37.7 Å². The average Bonchev–Trinajstić information content (AvgIpc) is 3.56. The van der Waals surface area contributed by atoms with Crippen molar-refractivity contribution in [2.24, 2.45) is 11.7 Å². The summed E-state index contributed by atoms with van der Waals surface area (Å²) in [6.07, 6.45) is 6.55. The molecule has 9 N–H and O–H groups in total. The second-order valence-corrected chi connectivity index (χ2v) is 15.7. The summed E-state index contributed by atoms with van der Waals surface area (Å²) in [5.41, 5.74) is 6.12. The molecule has 2 aromatic rings. The predicted molar refractivity (Wildman–Crippen MR) is 186 cm³/mol. The largest absolute Gasteiger partial charge is 0.392 e. The van der Waals surface area contributed by atoms with Crippen LogP contribution in [0, 0.1) is 5.92 Å². The summed E-state index contributed by atoms with van der Waals surface area (Å²) in [4.78, 5) is 47.7. The van der Waals surface area contributed by atoms with Crippen molar-refractivity contribution in [3.63, 3.8) is 0 Å². The SMILES string of the molecule is CCCS(=O)(=O)NC[C@@H](O)C[C@H](O)[C@H](CC1CCCCC1)NC(=O)[C@H](Cc1cnc[nH]1)NC(=O)[C@H](Cc1ccccc1)NC(=O)C(C)(C)N. The summed E-state index contributed by atoms with van der Waals surface area (Å²) >= 11 is 0. The molecule has 3 rings (SSSR count). The lowest BCUT2D eigenvalue weighted by molar-refractivity contribution is -0.133. The zero-order valence-electron chi connectivity index (χ0n) is 28.9. The minimum absolute atomic E-state index is 0.0417. The molecular formula is C34H55N7O7S. The highest BCUT2D eigenvalue weighted by molar-refractivity contribution is 7.89. The van der Waals surface area contributed by atoms with Gasteiger partial charge in [-0.15, -0.1) is 0 Å². The minimum atomic E-state index is -3.56. The van der Waals surface area contributed by atoms with Gasteiger partial charge >= 0.3 is 0 Å². The van der Waals surface area contributed by atoms with E-state index in [1.54, 1.807) is 6.92 Å². The highest BCUT2D eigenvalue weighted by atomic mass is 32.2. The molecule has 14 nitrogen and oxygen atoms in total. The lowest BCUT2D eigenvalue weighted by Crippen LogP contribution is -2.60. The number of amides is 3. The number of aromatic amines is 1. The van der Waals surface area contributed by atoms with Crippen LogP contribution in [0.2, 0.25) is 0 Å². The van der Waals surface area contributed by atoms with Crippen molar-refractivity contribution in [2.75, 3.05) is 12.3 Å². The van der Waals surface area contributed by atoms with Crippen LogP contribution in [0.3, 0.4) is 0 Å². The highest BCUT2D eigenvalue weighted by Crippen LogP contribution is 2.28. The first-order valence-electron chi connectivity index (χ1n) is 17.2. The van der Waals surface area contributed by atoms with E-state index < -0.39 is 63.6 Å². The Morgan fingerprint density at radius 2 is 1.65 bits per heavy atom. The Labute approximate surface area is 289 Å². The van der Waals surface area contributed by atoms with Gasteiger partial charge in [0, 0.05) is 37.7 Å². The van der Waals surface area contributed by atoms with Crippen molar-refractivity contribution < 1.29 is 33.0 Å². The van der Waals surface area contributed by atoms with E-state index >= 15 is 0 Å². The molecule has 15 heteroatoms. The maximum atomic E-state index is 14.0. The van der Waals surface area contributed by atoms with Gasteiger partial charge < -0.3 is 36.9 Å². The number of hydrogen-bond acceptors (Lipinski definition) is 9. The van der Waals surface area contributed by atoms with Gasteiger partial charge in [0.05, 0.1) is 35.9 Å². The monoisotopic (exact) mass is 705 g/mol. The first-order valence-corrected chi connectivity index (χ1v) is 18.9. The van der Waals surface area contributed by atoms with E-state index in [0.29, 0.717) is 18.5 Å². The number of carbonyl (C=O) groups excluding carboxylic acids is 3. The first-order chi connectivity index (χ1) is 23.2. The van der Waals surface area contributed by atoms with Gasteiger partial charge in [-0.2, -0.15) is 0 Å². The number of nitrogens with one attached hydrogen (secondary N) is 5. The molecule has 274 valence electrons. The zero-order valence-corrected chi connectivity index (χ0v) is 29.7. The van der Waals surface area contributed by atoms with Crippen LogP contribution in [-0.2, 0) is 37.2 Å². The van der Waals surface area contributed by atoms with Crippen LogP contribution in [0.1, 0.15) is 83.4 Å². The van der Waals surface area contributed by atoms with Crippen LogP contribution in [0.15, 0.2) is 42.9 Å². The molecule has 0 bridgehead atoms. The molecule has 1 saturated carbocycles. The van der Waals surface area contributed by atoms with E-state index in [1.807, 2.05) is 30.3 Å². The van der Waals surface area contributed by atoms with Crippen LogP contribution in [0.4, 0.5) is 0 Å². The summed E-state index contributed by atoms with van der Waals surface area (Å²) < 4.78 is 26.6. The fourth-order valence-electron chi connectivity index (χ4n) is 5.97.